The summed E-state index contributed by atoms with van der Waals surface area (Å²) in [6.45, 7) is 2.63. The summed E-state index contributed by atoms with van der Waals surface area (Å²) in [7, 11) is 1.56. The highest BCUT2D eigenvalue weighted by atomic mass is 35.5. The molecule has 0 heterocycles. The first-order chi connectivity index (χ1) is 6.69. The monoisotopic (exact) mass is 234 g/mol. The fourth-order valence-electron chi connectivity index (χ4n) is 1.03. The van der Waals surface area contributed by atoms with Gasteiger partial charge in [-0.1, -0.05) is 30.1 Å². The third kappa shape index (κ3) is 2.69. The molecular weight excluding hydrogens is 223 g/mol. The van der Waals surface area contributed by atoms with Crippen LogP contribution in [-0.4, -0.2) is 13.7 Å². The number of hydrogen-bond acceptors (Lipinski definition) is 2. The van der Waals surface area contributed by atoms with Crippen molar-refractivity contribution in [2.24, 2.45) is 0 Å². The van der Waals surface area contributed by atoms with Crippen LogP contribution in [0.5, 0.6) is 11.5 Å². The number of halogens is 2. The lowest BCUT2D eigenvalue weighted by Crippen LogP contribution is -1.98. The molecule has 1 aromatic rings. The van der Waals surface area contributed by atoms with Gasteiger partial charge in [-0.15, -0.1) is 0 Å². The molecule has 0 amide bonds. The maximum absolute atomic E-state index is 5.96. The van der Waals surface area contributed by atoms with Gasteiger partial charge in [0, 0.05) is 11.1 Å². The van der Waals surface area contributed by atoms with E-state index < -0.39 is 0 Å². The van der Waals surface area contributed by atoms with Crippen molar-refractivity contribution in [2.45, 2.75) is 13.3 Å². The van der Waals surface area contributed by atoms with E-state index in [0.29, 0.717) is 28.2 Å². The number of benzene rings is 1. The first-order valence-corrected chi connectivity index (χ1v) is 5.10. The largest absolute Gasteiger partial charge is 0.493 e. The van der Waals surface area contributed by atoms with Gasteiger partial charge in [0.1, 0.15) is 0 Å². The van der Waals surface area contributed by atoms with E-state index in [2.05, 4.69) is 0 Å². The maximum atomic E-state index is 5.96. The van der Waals surface area contributed by atoms with Gasteiger partial charge in [-0.05, 0) is 12.5 Å². The molecule has 0 aliphatic heterocycles. The van der Waals surface area contributed by atoms with Crippen molar-refractivity contribution in [3.8, 4) is 11.5 Å². The molecule has 0 saturated heterocycles. The van der Waals surface area contributed by atoms with Crippen LogP contribution in [0.25, 0.3) is 0 Å². The predicted molar refractivity (Wildman–Crippen MR) is 58.8 cm³/mol. The Kier molecular flexibility index (Phi) is 4.36. The summed E-state index contributed by atoms with van der Waals surface area (Å²) < 4.78 is 10.6. The Hall–Kier alpha value is -0.600. The minimum Gasteiger partial charge on any atom is -0.493 e. The Morgan fingerprint density at radius 1 is 1.29 bits per heavy atom. The zero-order valence-electron chi connectivity index (χ0n) is 8.14. The Morgan fingerprint density at radius 2 is 2.00 bits per heavy atom. The highest BCUT2D eigenvalue weighted by Crippen LogP contribution is 2.37. The molecule has 0 atom stereocenters. The van der Waals surface area contributed by atoms with Crippen molar-refractivity contribution < 1.29 is 9.47 Å². The molecule has 0 saturated carbocycles. The third-order valence-corrected chi connectivity index (χ3v) is 2.14. The van der Waals surface area contributed by atoms with Crippen LogP contribution in [0.1, 0.15) is 13.3 Å². The van der Waals surface area contributed by atoms with Crippen LogP contribution in [0.2, 0.25) is 10.0 Å². The SMILES string of the molecule is CCCOc1c(Cl)cc(Cl)cc1OC. The van der Waals surface area contributed by atoms with Crippen LogP contribution in [-0.2, 0) is 0 Å². The summed E-state index contributed by atoms with van der Waals surface area (Å²) in [6.07, 6.45) is 0.919. The van der Waals surface area contributed by atoms with E-state index in [1.165, 1.54) is 0 Å². The molecule has 0 fully saturated rings. The minimum absolute atomic E-state index is 0.475. The molecule has 0 N–H and O–H groups in total. The zero-order valence-corrected chi connectivity index (χ0v) is 9.65. The molecule has 0 bridgehead atoms. The zero-order chi connectivity index (χ0) is 10.6. The molecule has 1 rings (SSSR count). The van der Waals surface area contributed by atoms with Gasteiger partial charge in [0.15, 0.2) is 11.5 Å². The fourth-order valence-corrected chi connectivity index (χ4v) is 1.56. The third-order valence-electron chi connectivity index (χ3n) is 1.64. The summed E-state index contributed by atoms with van der Waals surface area (Å²) in [5.41, 5.74) is 0. The molecule has 1 aromatic carbocycles. The van der Waals surface area contributed by atoms with Crippen LogP contribution in [0.15, 0.2) is 12.1 Å². The second-order valence-corrected chi connectivity index (χ2v) is 3.61. The van der Waals surface area contributed by atoms with Crippen molar-refractivity contribution >= 4 is 23.2 Å². The smallest absolute Gasteiger partial charge is 0.179 e. The molecule has 4 heteroatoms. The van der Waals surface area contributed by atoms with E-state index in [0.717, 1.165) is 6.42 Å². The number of rotatable bonds is 4. The molecule has 2 nitrogen and oxygen atoms in total. The normalized spacial score (nSPS) is 10.0. The van der Waals surface area contributed by atoms with Crippen LogP contribution >= 0.6 is 23.2 Å². The van der Waals surface area contributed by atoms with Gasteiger partial charge >= 0.3 is 0 Å². The van der Waals surface area contributed by atoms with Gasteiger partial charge < -0.3 is 9.47 Å². The number of ether oxygens (including phenoxy) is 2. The second-order valence-electron chi connectivity index (χ2n) is 2.77. The number of methoxy groups -OCH3 is 1. The van der Waals surface area contributed by atoms with E-state index in [1.54, 1.807) is 19.2 Å². The summed E-state index contributed by atoms with van der Waals surface area (Å²) >= 11 is 11.8. The van der Waals surface area contributed by atoms with E-state index in [1.807, 2.05) is 6.92 Å². The van der Waals surface area contributed by atoms with E-state index >= 15 is 0 Å². The minimum atomic E-state index is 0.475. The van der Waals surface area contributed by atoms with Gasteiger partial charge in [0.2, 0.25) is 0 Å². The average Bonchev–Trinajstić information content (AvgIpc) is 2.15. The van der Waals surface area contributed by atoms with Crippen molar-refractivity contribution in [2.75, 3.05) is 13.7 Å². The van der Waals surface area contributed by atoms with Crippen molar-refractivity contribution in [3.63, 3.8) is 0 Å². The van der Waals surface area contributed by atoms with E-state index in [-0.39, 0.29) is 0 Å². The molecular formula is C10H12Cl2O2. The lowest BCUT2D eigenvalue weighted by Gasteiger charge is -2.11. The topological polar surface area (TPSA) is 18.5 Å². The first kappa shape index (κ1) is 11.5. The summed E-state index contributed by atoms with van der Waals surface area (Å²) in [4.78, 5) is 0. The average molecular weight is 235 g/mol. The quantitative estimate of drug-likeness (QED) is 0.790. The van der Waals surface area contributed by atoms with Gasteiger partial charge in [-0.25, -0.2) is 0 Å². The Balaban J connectivity index is 2.99. The molecule has 0 aliphatic carbocycles. The Bertz CT molecular complexity index is 313. The molecule has 0 aliphatic rings. The van der Waals surface area contributed by atoms with Gasteiger partial charge in [0.05, 0.1) is 18.7 Å². The summed E-state index contributed by atoms with van der Waals surface area (Å²) in [5, 5.41) is 1.01. The van der Waals surface area contributed by atoms with Crippen LogP contribution in [0, 0.1) is 0 Å². The van der Waals surface area contributed by atoms with Crippen LogP contribution in [0.4, 0.5) is 0 Å². The van der Waals surface area contributed by atoms with E-state index in [9.17, 15) is 0 Å². The lowest BCUT2D eigenvalue weighted by atomic mass is 10.3. The van der Waals surface area contributed by atoms with Crippen LogP contribution < -0.4 is 9.47 Å². The van der Waals surface area contributed by atoms with Gasteiger partial charge in [-0.3, -0.25) is 0 Å². The van der Waals surface area contributed by atoms with Crippen molar-refractivity contribution in [3.05, 3.63) is 22.2 Å². The maximum Gasteiger partial charge on any atom is 0.179 e. The second kappa shape index (κ2) is 5.32. The molecule has 14 heavy (non-hydrogen) atoms. The van der Waals surface area contributed by atoms with Crippen molar-refractivity contribution in [1.82, 2.24) is 0 Å². The van der Waals surface area contributed by atoms with Gasteiger partial charge in [-0.2, -0.15) is 0 Å². The summed E-state index contributed by atoms with van der Waals surface area (Å²) in [6, 6.07) is 3.31. The molecule has 0 radical (unpaired) electrons. The summed E-state index contributed by atoms with van der Waals surface area (Å²) in [5.74, 6) is 1.12. The molecule has 0 unspecified atom stereocenters. The highest BCUT2D eigenvalue weighted by Gasteiger charge is 2.10. The van der Waals surface area contributed by atoms with Gasteiger partial charge in [0.25, 0.3) is 0 Å². The highest BCUT2D eigenvalue weighted by molar-refractivity contribution is 6.35. The first-order valence-electron chi connectivity index (χ1n) is 4.34. The van der Waals surface area contributed by atoms with E-state index in [4.69, 9.17) is 32.7 Å². The molecule has 0 aromatic heterocycles. The number of hydrogen-bond donors (Lipinski definition) is 0. The standard InChI is InChI=1S/C10H12Cl2O2/c1-3-4-14-10-8(12)5-7(11)6-9(10)13-2/h5-6H,3-4H2,1-2H3. The van der Waals surface area contributed by atoms with Crippen LogP contribution in [0.3, 0.4) is 0 Å². The lowest BCUT2D eigenvalue weighted by molar-refractivity contribution is 0.294. The van der Waals surface area contributed by atoms with Crippen molar-refractivity contribution in [1.29, 1.82) is 0 Å². The molecule has 0 spiro atoms. The Morgan fingerprint density at radius 3 is 2.57 bits per heavy atom. The predicted octanol–water partition coefficient (Wildman–Crippen LogP) is 3.79. The fraction of sp³-hybridized carbons (Fsp3) is 0.400. The Labute approximate surface area is 93.7 Å². The molecule has 78 valence electrons.